The predicted octanol–water partition coefficient (Wildman–Crippen LogP) is 4.36. The zero-order valence-corrected chi connectivity index (χ0v) is 15.6. The fourth-order valence-electron chi connectivity index (χ4n) is 4.85. The summed E-state index contributed by atoms with van der Waals surface area (Å²) in [5.41, 5.74) is 0.658. The Balaban J connectivity index is 1.45. The third kappa shape index (κ3) is 2.29. The summed E-state index contributed by atoms with van der Waals surface area (Å²) in [6.45, 7) is 4.02. The zero-order valence-electron chi connectivity index (χ0n) is 14.1. The lowest BCUT2D eigenvalue weighted by Gasteiger charge is -2.52. The largest absolute Gasteiger partial charge is 0.346 e. The Morgan fingerprint density at radius 2 is 2.08 bits per heavy atom. The second-order valence-electron chi connectivity index (χ2n) is 7.71. The van der Waals surface area contributed by atoms with E-state index in [1.54, 1.807) is 13.0 Å². The van der Waals surface area contributed by atoms with Crippen molar-refractivity contribution in [2.45, 2.75) is 44.2 Å². The van der Waals surface area contributed by atoms with Crippen molar-refractivity contribution >= 4 is 38.9 Å². The highest BCUT2D eigenvalue weighted by Gasteiger charge is 2.60. The molecule has 1 aromatic carbocycles. The number of thiophene rings is 1. The predicted molar refractivity (Wildman–Crippen MR) is 99.0 cm³/mol. The van der Waals surface area contributed by atoms with E-state index in [0.29, 0.717) is 26.8 Å². The maximum absolute atomic E-state index is 13.9. The van der Waals surface area contributed by atoms with Crippen molar-refractivity contribution in [1.29, 1.82) is 0 Å². The molecule has 1 saturated carbocycles. The SMILES string of the molecule is Cc1c(F)cc2cc(C(=O)NC3C4CCN(CC4)C34CC4)sc2c1Cl. The molecule has 1 aromatic heterocycles. The van der Waals surface area contributed by atoms with Crippen molar-refractivity contribution in [3.63, 3.8) is 0 Å². The minimum absolute atomic E-state index is 0.0413. The van der Waals surface area contributed by atoms with Gasteiger partial charge in [-0.3, -0.25) is 9.69 Å². The van der Waals surface area contributed by atoms with Gasteiger partial charge in [0.2, 0.25) is 0 Å². The average molecular weight is 379 g/mol. The molecule has 3 aliphatic heterocycles. The van der Waals surface area contributed by atoms with E-state index in [0.717, 1.165) is 4.70 Å². The molecule has 3 nitrogen and oxygen atoms in total. The second kappa shape index (κ2) is 5.41. The molecule has 1 unspecified atom stereocenters. The normalized spacial score (nSPS) is 29.3. The van der Waals surface area contributed by atoms with Crippen molar-refractivity contribution in [3.8, 4) is 0 Å². The van der Waals surface area contributed by atoms with Crippen LogP contribution in [-0.4, -0.2) is 35.5 Å². The number of nitrogens with one attached hydrogen (secondary N) is 1. The van der Waals surface area contributed by atoms with Crippen LogP contribution >= 0.6 is 22.9 Å². The summed E-state index contributed by atoms with van der Waals surface area (Å²) < 4.78 is 14.7. The molecule has 0 radical (unpaired) electrons. The van der Waals surface area contributed by atoms with Gasteiger partial charge in [-0.05, 0) is 69.1 Å². The summed E-state index contributed by atoms with van der Waals surface area (Å²) in [5, 5.41) is 4.45. The average Bonchev–Trinajstić information content (AvgIpc) is 3.27. The summed E-state index contributed by atoms with van der Waals surface area (Å²) in [6.07, 6.45) is 4.74. The van der Waals surface area contributed by atoms with Gasteiger partial charge < -0.3 is 5.32 Å². The van der Waals surface area contributed by atoms with Gasteiger partial charge in [0.25, 0.3) is 5.91 Å². The van der Waals surface area contributed by atoms with Gasteiger partial charge >= 0.3 is 0 Å². The van der Waals surface area contributed by atoms with E-state index in [4.69, 9.17) is 11.6 Å². The number of hydrogen-bond donors (Lipinski definition) is 1. The first kappa shape index (κ1) is 16.0. The smallest absolute Gasteiger partial charge is 0.261 e. The molecule has 4 fully saturated rings. The molecular formula is C19H20ClFN2OS. The number of benzene rings is 1. The molecular weight excluding hydrogens is 359 g/mol. The number of hydrogen-bond acceptors (Lipinski definition) is 3. The van der Waals surface area contributed by atoms with Crippen molar-refractivity contribution in [2.75, 3.05) is 13.1 Å². The first-order valence-electron chi connectivity index (χ1n) is 8.94. The molecule has 4 heterocycles. The maximum Gasteiger partial charge on any atom is 0.261 e. The lowest BCUT2D eigenvalue weighted by molar-refractivity contribution is -0.00138. The molecule has 1 spiro atoms. The molecule has 6 heteroatoms. The van der Waals surface area contributed by atoms with Gasteiger partial charge in [0.1, 0.15) is 5.82 Å². The zero-order chi connectivity index (χ0) is 17.3. The van der Waals surface area contributed by atoms with E-state index in [1.807, 2.05) is 0 Å². The fraction of sp³-hybridized carbons (Fsp3) is 0.526. The Morgan fingerprint density at radius 1 is 1.36 bits per heavy atom. The van der Waals surface area contributed by atoms with Crippen LogP contribution in [0.15, 0.2) is 12.1 Å². The topological polar surface area (TPSA) is 32.3 Å². The standard InChI is InChI=1S/C19H20ClFN2OS/c1-10-13(21)8-12-9-14(25-16(12)15(10)20)18(24)22-17-11-2-6-23(7-3-11)19(17)4-5-19/h8-9,11,17H,2-7H2,1H3,(H,22,24). The number of piperidine rings is 3. The van der Waals surface area contributed by atoms with Crippen molar-refractivity contribution < 1.29 is 9.18 Å². The maximum atomic E-state index is 13.9. The lowest BCUT2D eigenvalue weighted by atomic mass is 9.77. The number of rotatable bonds is 2. The first-order valence-corrected chi connectivity index (χ1v) is 10.1. The van der Waals surface area contributed by atoms with Crippen LogP contribution in [0, 0.1) is 18.7 Å². The van der Waals surface area contributed by atoms with Crippen LogP contribution in [0.2, 0.25) is 5.02 Å². The van der Waals surface area contributed by atoms with Gasteiger partial charge in [0.15, 0.2) is 0 Å². The summed E-state index contributed by atoms with van der Waals surface area (Å²) in [6, 6.07) is 3.49. The first-order chi connectivity index (χ1) is 12.0. The Labute approximate surface area is 155 Å². The molecule has 132 valence electrons. The van der Waals surface area contributed by atoms with Gasteiger partial charge in [0.05, 0.1) is 20.6 Å². The highest BCUT2D eigenvalue weighted by Crippen LogP contribution is 2.53. The minimum Gasteiger partial charge on any atom is -0.346 e. The molecule has 1 aliphatic carbocycles. The Kier molecular flexibility index (Phi) is 3.47. The number of carbonyl (C=O) groups is 1. The van der Waals surface area contributed by atoms with Crippen LogP contribution in [0.4, 0.5) is 4.39 Å². The van der Waals surface area contributed by atoms with Gasteiger partial charge in [-0.25, -0.2) is 4.39 Å². The van der Waals surface area contributed by atoms with Crippen LogP contribution in [0.1, 0.15) is 40.9 Å². The van der Waals surface area contributed by atoms with Gasteiger partial charge in [-0.1, -0.05) is 11.6 Å². The Hall–Kier alpha value is -1.17. The highest BCUT2D eigenvalue weighted by atomic mass is 35.5. The summed E-state index contributed by atoms with van der Waals surface area (Å²) in [7, 11) is 0. The number of halogens is 2. The van der Waals surface area contributed by atoms with Crippen LogP contribution in [-0.2, 0) is 0 Å². The van der Waals surface area contributed by atoms with E-state index in [2.05, 4.69) is 10.2 Å². The third-order valence-corrected chi connectivity index (χ3v) is 8.17. The van der Waals surface area contributed by atoms with Crippen LogP contribution in [0.3, 0.4) is 0 Å². The molecule has 2 aromatic rings. The minimum atomic E-state index is -0.323. The van der Waals surface area contributed by atoms with Gasteiger partial charge in [-0.2, -0.15) is 0 Å². The summed E-state index contributed by atoms with van der Waals surface area (Å²) >= 11 is 7.64. The molecule has 1 amide bonds. The van der Waals surface area contributed by atoms with Crippen molar-refractivity contribution in [2.24, 2.45) is 5.92 Å². The number of nitrogens with zero attached hydrogens (tertiary/aromatic N) is 1. The van der Waals surface area contributed by atoms with E-state index in [9.17, 15) is 9.18 Å². The highest BCUT2D eigenvalue weighted by molar-refractivity contribution is 7.21. The molecule has 3 saturated heterocycles. The number of amides is 1. The lowest BCUT2D eigenvalue weighted by Crippen LogP contribution is -2.65. The molecule has 2 bridgehead atoms. The van der Waals surface area contributed by atoms with Gasteiger partial charge in [0, 0.05) is 11.1 Å². The Morgan fingerprint density at radius 3 is 2.76 bits per heavy atom. The van der Waals surface area contributed by atoms with E-state index in [1.165, 1.54) is 56.2 Å². The quantitative estimate of drug-likeness (QED) is 0.842. The van der Waals surface area contributed by atoms with E-state index in [-0.39, 0.29) is 23.3 Å². The van der Waals surface area contributed by atoms with Crippen LogP contribution < -0.4 is 5.32 Å². The van der Waals surface area contributed by atoms with E-state index >= 15 is 0 Å². The molecule has 4 aliphatic rings. The van der Waals surface area contributed by atoms with E-state index < -0.39 is 0 Å². The molecule has 6 rings (SSSR count). The second-order valence-corrected chi connectivity index (χ2v) is 9.14. The monoisotopic (exact) mass is 378 g/mol. The summed E-state index contributed by atoms with van der Waals surface area (Å²) in [4.78, 5) is 16.1. The molecule has 1 atom stereocenters. The fourth-order valence-corrected chi connectivity index (χ4v) is 6.20. The molecule has 1 N–H and O–H groups in total. The Bertz CT molecular complexity index is 883. The van der Waals surface area contributed by atoms with Gasteiger partial charge in [-0.15, -0.1) is 11.3 Å². The van der Waals surface area contributed by atoms with Crippen molar-refractivity contribution in [3.05, 3.63) is 33.4 Å². The van der Waals surface area contributed by atoms with Crippen LogP contribution in [0.25, 0.3) is 10.1 Å². The number of carbonyl (C=O) groups excluding carboxylic acids is 1. The van der Waals surface area contributed by atoms with Crippen LogP contribution in [0.5, 0.6) is 0 Å². The third-order valence-electron chi connectivity index (χ3n) is 6.42. The number of fused-ring (bicyclic) bond motifs is 3. The molecule has 25 heavy (non-hydrogen) atoms. The summed E-state index contributed by atoms with van der Waals surface area (Å²) in [5.74, 6) is 0.228. The van der Waals surface area contributed by atoms with Crippen molar-refractivity contribution in [1.82, 2.24) is 10.2 Å².